The molecule has 0 fully saturated rings. The Morgan fingerprint density at radius 3 is 2.20 bits per heavy atom. The standard InChI is InChI=1S/C7H18N2O/c1-4-5-8(2)6-9(3)7-10/h10H,4-7H2,1-3H3. The molecule has 3 heteroatoms. The van der Waals surface area contributed by atoms with Crippen LogP contribution in [0.1, 0.15) is 13.3 Å². The van der Waals surface area contributed by atoms with E-state index in [-0.39, 0.29) is 6.73 Å². The van der Waals surface area contributed by atoms with Crippen LogP contribution >= 0.6 is 0 Å². The minimum Gasteiger partial charge on any atom is -0.381 e. The van der Waals surface area contributed by atoms with Crippen molar-refractivity contribution in [3.63, 3.8) is 0 Å². The zero-order valence-corrected chi connectivity index (χ0v) is 7.17. The Labute approximate surface area is 63.2 Å². The number of nitrogens with zero attached hydrogens (tertiary/aromatic N) is 2. The zero-order chi connectivity index (χ0) is 7.98. The first-order valence-corrected chi connectivity index (χ1v) is 3.68. The molecule has 0 rings (SSSR count). The van der Waals surface area contributed by atoms with Crippen molar-refractivity contribution in [2.75, 3.05) is 34.0 Å². The number of aliphatic hydroxyl groups is 1. The summed E-state index contributed by atoms with van der Waals surface area (Å²) in [5, 5.41) is 8.65. The van der Waals surface area contributed by atoms with Crippen LogP contribution in [0.5, 0.6) is 0 Å². The van der Waals surface area contributed by atoms with Gasteiger partial charge in [0.1, 0.15) is 0 Å². The quantitative estimate of drug-likeness (QED) is 0.560. The lowest BCUT2D eigenvalue weighted by Gasteiger charge is -2.21. The maximum atomic E-state index is 8.65. The van der Waals surface area contributed by atoms with E-state index in [4.69, 9.17) is 5.11 Å². The van der Waals surface area contributed by atoms with Crippen LogP contribution in [0.3, 0.4) is 0 Å². The van der Waals surface area contributed by atoms with Crippen LogP contribution in [0.15, 0.2) is 0 Å². The molecule has 0 atom stereocenters. The van der Waals surface area contributed by atoms with Crippen molar-refractivity contribution in [1.29, 1.82) is 0 Å². The van der Waals surface area contributed by atoms with E-state index < -0.39 is 0 Å². The molecule has 3 nitrogen and oxygen atoms in total. The highest BCUT2D eigenvalue weighted by molar-refractivity contribution is 4.46. The van der Waals surface area contributed by atoms with Crippen molar-refractivity contribution >= 4 is 0 Å². The molecule has 0 spiro atoms. The van der Waals surface area contributed by atoms with Crippen molar-refractivity contribution in [2.24, 2.45) is 0 Å². The molecule has 0 aromatic rings. The minimum atomic E-state index is 0.133. The molecular weight excluding hydrogens is 128 g/mol. The van der Waals surface area contributed by atoms with Gasteiger partial charge in [-0.25, -0.2) is 0 Å². The third-order valence-electron chi connectivity index (χ3n) is 1.33. The predicted molar refractivity (Wildman–Crippen MR) is 42.6 cm³/mol. The van der Waals surface area contributed by atoms with Gasteiger partial charge in [0.15, 0.2) is 0 Å². The van der Waals surface area contributed by atoms with E-state index in [1.165, 1.54) is 0 Å². The van der Waals surface area contributed by atoms with Crippen molar-refractivity contribution in [3.05, 3.63) is 0 Å². The smallest absolute Gasteiger partial charge is 0.0964 e. The fourth-order valence-corrected chi connectivity index (χ4v) is 0.909. The van der Waals surface area contributed by atoms with Crippen LogP contribution in [-0.4, -0.2) is 48.9 Å². The van der Waals surface area contributed by atoms with Crippen LogP contribution < -0.4 is 0 Å². The molecule has 10 heavy (non-hydrogen) atoms. The van der Waals surface area contributed by atoms with Gasteiger partial charge in [-0.05, 0) is 27.1 Å². The molecule has 0 amide bonds. The highest BCUT2D eigenvalue weighted by Gasteiger charge is 1.98. The molecule has 0 heterocycles. The topological polar surface area (TPSA) is 26.7 Å². The number of rotatable bonds is 5. The van der Waals surface area contributed by atoms with Gasteiger partial charge in [-0.1, -0.05) is 6.92 Å². The van der Waals surface area contributed by atoms with Gasteiger partial charge in [0.05, 0.1) is 13.4 Å². The van der Waals surface area contributed by atoms with E-state index in [2.05, 4.69) is 18.9 Å². The molecule has 62 valence electrons. The van der Waals surface area contributed by atoms with E-state index in [1.807, 2.05) is 11.9 Å². The zero-order valence-electron chi connectivity index (χ0n) is 7.17. The summed E-state index contributed by atoms with van der Waals surface area (Å²) in [5.41, 5.74) is 0. The number of aliphatic hydroxyl groups excluding tert-OH is 1. The van der Waals surface area contributed by atoms with E-state index in [9.17, 15) is 0 Å². The normalized spacial score (nSPS) is 11.4. The number of hydrogen-bond acceptors (Lipinski definition) is 3. The maximum Gasteiger partial charge on any atom is 0.0964 e. The third kappa shape index (κ3) is 4.73. The molecule has 0 aromatic carbocycles. The van der Waals surface area contributed by atoms with E-state index in [0.29, 0.717) is 0 Å². The Hall–Kier alpha value is -0.120. The molecule has 0 saturated carbocycles. The van der Waals surface area contributed by atoms with E-state index in [1.54, 1.807) is 0 Å². The van der Waals surface area contributed by atoms with Crippen molar-refractivity contribution in [3.8, 4) is 0 Å². The largest absolute Gasteiger partial charge is 0.381 e. The lowest BCUT2D eigenvalue weighted by atomic mass is 10.4. The van der Waals surface area contributed by atoms with Gasteiger partial charge in [0.2, 0.25) is 0 Å². The average molecular weight is 146 g/mol. The van der Waals surface area contributed by atoms with Crippen molar-refractivity contribution < 1.29 is 5.11 Å². The molecular formula is C7H18N2O. The Morgan fingerprint density at radius 1 is 1.20 bits per heavy atom. The molecule has 0 aliphatic carbocycles. The predicted octanol–water partition coefficient (Wildman–Crippen LogP) is 0.167. The summed E-state index contributed by atoms with van der Waals surface area (Å²) in [4.78, 5) is 4.03. The van der Waals surface area contributed by atoms with Crippen LogP contribution in [0.4, 0.5) is 0 Å². The highest BCUT2D eigenvalue weighted by Crippen LogP contribution is 1.87. The summed E-state index contributed by atoms with van der Waals surface area (Å²) in [7, 11) is 3.95. The van der Waals surface area contributed by atoms with Crippen LogP contribution in [-0.2, 0) is 0 Å². The Morgan fingerprint density at radius 2 is 1.80 bits per heavy atom. The molecule has 0 aliphatic rings. The van der Waals surface area contributed by atoms with E-state index in [0.717, 1.165) is 19.6 Å². The van der Waals surface area contributed by atoms with Gasteiger partial charge in [-0.15, -0.1) is 0 Å². The minimum absolute atomic E-state index is 0.133. The Bertz CT molecular complexity index is 78.0. The van der Waals surface area contributed by atoms with Crippen molar-refractivity contribution in [1.82, 2.24) is 9.80 Å². The lowest BCUT2D eigenvalue weighted by molar-refractivity contribution is 0.0819. The third-order valence-corrected chi connectivity index (χ3v) is 1.33. The first-order valence-electron chi connectivity index (χ1n) is 3.68. The van der Waals surface area contributed by atoms with E-state index >= 15 is 0 Å². The summed E-state index contributed by atoms with van der Waals surface area (Å²) in [6, 6.07) is 0. The van der Waals surface area contributed by atoms with Gasteiger partial charge in [0.25, 0.3) is 0 Å². The monoisotopic (exact) mass is 146 g/mol. The second-order valence-electron chi connectivity index (χ2n) is 2.72. The SMILES string of the molecule is CCCN(C)CN(C)CO. The molecule has 0 aromatic heterocycles. The number of hydrogen-bond donors (Lipinski definition) is 1. The summed E-state index contributed by atoms with van der Waals surface area (Å²) < 4.78 is 0. The molecule has 0 bridgehead atoms. The fourth-order valence-electron chi connectivity index (χ4n) is 0.909. The lowest BCUT2D eigenvalue weighted by Crippen LogP contribution is -2.33. The van der Waals surface area contributed by atoms with Crippen molar-refractivity contribution in [2.45, 2.75) is 13.3 Å². The average Bonchev–Trinajstić information content (AvgIpc) is 1.88. The Balaban J connectivity index is 3.27. The van der Waals surface area contributed by atoms with Crippen LogP contribution in [0.2, 0.25) is 0 Å². The second kappa shape index (κ2) is 5.65. The van der Waals surface area contributed by atoms with Gasteiger partial charge in [-0.3, -0.25) is 9.80 Å². The van der Waals surface area contributed by atoms with Gasteiger partial charge >= 0.3 is 0 Å². The summed E-state index contributed by atoms with van der Waals surface area (Å²) >= 11 is 0. The summed E-state index contributed by atoms with van der Waals surface area (Å²) in [6.07, 6.45) is 1.16. The fraction of sp³-hybridized carbons (Fsp3) is 1.00. The first kappa shape index (κ1) is 9.88. The van der Waals surface area contributed by atoms with Gasteiger partial charge in [-0.2, -0.15) is 0 Å². The summed E-state index contributed by atoms with van der Waals surface area (Å²) in [6.45, 7) is 4.21. The highest BCUT2D eigenvalue weighted by atomic mass is 16.3. The van der Waals surface area contributed by atoms with Gasteiger partial charge in [0, 0.05) is 0 Å². The van der Waals surface area contributed by atoms with Crippen LogP contribution in [0.25, 0.3) is 0 Å². The molecule has 0 unspecified atom stereocenters. The Kier molecular flexibility index (Phi) is 5.58. The molecule has 1 N–H and O–H groups in total. The van der Waals surface area contributed by atoms with Crippen LogP contribution in [0, 0.1) is 0 Å². The maximum absolute atomic E-state index is 8.65. The second-order valence-corrected chi connectivity index (χ2v) is 2.72. The molecule has 0 aliphatic heterocycles. The molecule has 0 saturated heterocycles. The molecule has 0 radical (unpaired) electrons. The first-order chi connectivity index (χ1) is 4.70. The van der Waals surface area contributed by atoms with Gasteiger partial charge < -0.3 is 5.11 Å². The summed E-state index contributed by atoms with van der Waals surface area (Å²) in [5.74, 6) is 0.